The van der Waals surface area contributed by atoms with Gasteiger partial charge >= 0.3 is 5.69 Å². The van der Waals surface area contributed by atoms with Gasteiger partial charge in [-0.1, -0.05) is 15.9 Å². The maximum atomic E-state index is 12.6. The van der Waals surface area contributed by atoms with Crippen molar-refractivity contribution in [1.29, 1.82) is 0 Å². The molecule has 3 aromatic rings. The standard InChI is InChI=1S/C16H14BrN3OS/c1-9-6-7-22-15(9)20-13-8-10(17)2-5-12(13)14(19-16(20)21)18-11-3-4-11/h2,5-8,11H,3-4H2,1H3,(H,18,19,21). The summed E-state index contributed by atoms with van der Waals surface area (Å²) in [5.41, 5.74) is 1.72. The molecule has 0 bridgehead atoms. The van der Waals surface area contributed by atoms with Crippen LogP contribution in [0.15, 0.2) is 38.9 Å². The zero-order valence-electron chi connectivity index (χ0n) is 12.0. The smallest absolute Gasteiger partial charge is 0.355 e. The number of anilines is 1. The predicted molar refractivity (Wildman–Crippen MR) is 94.3 cm³/mol. The number of hydrogen-bond donors (Lipinski definition) is 1. The van der Waals surface area contributed by atoms with E-state index in [1.165, 1.54) is 0 Å². The number of nitrogens with one attached hydrogen (secondary N) is 1. The molecule has 0 aliphatic heterocycles. The molecule has 2 aromatic heterocycles. The van der Waals surface area contributed by atoms with Gasteiger partial charge in [0.15, 0.2) is 0 Å². The Morgan fingerprint density at radius 1 is 1.36 bits per heavy atom. The van der Waals surface area contributed by atoms with E-state index < -0.39 is 0 Å². The molecule has 4 rings (SSSR count). The van der Waals surface area contributed by atoms with Crippen LogP contribution in [-0.4, -0.2) is 15.6 Å². The van der Waals surface area contributed by atoms with Crippen molar-refractivity contribution in [1.82, 2.24) is 9.55 Å². The van der Waals surface area contributed by atoms with Crippen molar-refractivity contribution >= 4 is 44.0 Å². The van der Waals surface area contributed by atoms with Crippen LogP contribution >= 0.6 is 27.3 Å². The Kier molecular flexibility index (Phi) is 3.31. The molecule has 112 valence electrons. The Bertz CT molecular complexity index is 927. The van der Waals surface area contributed by atoms with Gasteiger partial charge < -0.3 is 5.32 Å². The Morgan fingerprint density at radius 3 is 2.86 bits per heavy atom. The lowest BCUT2D eigenvalue weighted by Crippen LogP contribution is -2.23. The number of aromatic nitrogens is 2. The van der Waals surface area contributed by atoms with E-state index in [1.54, 1.807) is 15.9 Å². The van der Waals surface area contributed by atoms with Gasteiger partial charge in [0.05, 0.1) is 5.52 Å². The lowest BCUT2D eigenvalue weighted by Gasteiger charge is -2.13. The number of halogens is 1. The Labute approximate surface area is 139 Å². The SMILES string of the molecule is Cc1ccsc1-n1c(=O)nc(NC2CC2)c2ccc(Br)cc21. The van der Waals surface area contributed by atoms with Gasteiger partial charge in [-0.25, -0.2) is 4.79 Å². The van der Waals surface area contributed by atoms with Gasteiger partial charge in [-0.2, -0.15) is 4.98 Å². The molecule has 4 nitrogen and oxygen atoms in total. The number of hydrogen-bond acceptors (Lipinski definition) is 4. The highest BCUT2D eigenvalue weighted by atomic mass is 79.9. The van der Waals surface area contributed by atoms with Crippen LogP contribution in [0.3, 0.4) is 0 Å². The molecule has 1 aliphatic carbocycles. The zero-order chi connectivity index (χ0) is 15.3. The van der Waals surface area contributed by atoms with E-state index in [1.807, 2.05) is 36.6 Å². The first-order valence-corrected chi connectivity index (χ1v) is 8.84. The van der Waals surface area contributed by atoms with Gasteiger partial charge in [0.2, 0.25) is 0 Å². The van der Waals surface area contributed by atoms with Crippen molar-refractivity contribution in [2.75, 3.05) is 5.32 Å². The van der Waals surface area contributed by atoms with E-state index >= 15 is 0 Å². The molecule has 0 atom stereocenters. The summed E-state index contributed by atoms with van der Waals surface area (Å²) in [5, 5.41) is 7.27. The van der Waals surface area contributed by atoms with Gasteiger partial charge in [0.1, 0.15) is 10.8 Å². The third-order valence-corrected chi connectivity index (χ3v) is 5.30. The summed E-state index contributed by atoms with van der Waals surface area (Å²) < 4.78 is 2.66. The summed E-state index contributed by atoms with van der Waals surface area (Å²) in [4.78, 5) is 16.9. The van der Waals surface area contributed by atoms with Crippen molar-refractivity contribution in [3.05, 3.63) is 50.2 Å². The van der Waals surface area contributed by atoms with Crippen LogP contribution in [0.4, 0.5) is 5.82 Å². The second-order valence-corrected chi connectivity index (χ2v) is 7.38. The summed E-state index contributed by atoms with van der Waals surface area (Å²) in [5.74, 6) is 0.695. The van der Waals surface area contributed by atoms with Gasteiger partial charge in [0.25, 0.3) is 0 Å². The molecule has 22 heavy (non-hydrogen) atoms. The number of thiophene rings is 1. The summed E-state index contributed by atoms with van der Waals surface area (Å²) in [7, 11) is 0. The lowest BCUT2D eigenvalue weighted by molar-refractivity contribution is 0.960. The minimum absolute atomic E-state index is 0.237. The highest BCUT2D eigenvalue weighted by molar-refractivity contribution is 9.10. The number of rotatable bonds is 3. The fraction of sp³-hybridized carbons (Fsp3) is 0.250. The van der Waals surface area contributed by atoms with Gasteiger partial charge in [-0.05, 0) is 55.0 Å². The summed E-state index contributed by atoms with van der Waals surface area (Å²) in [6.45, 7) is 2.01. The monoisotopic (exact) mass is 375 g/mol. The molecule has 1 saturated carbocycles. The summed E-state index contributed by atoms with van der Waals surface area (Å²) in [6.07, 6.45) is 2.29. The van der Waals surface area contributed by atoms with Crippen LogP contribution < -0.4 is 11.0 Å². The molecule has 0 spiro atoms. The lowest BCUT2D eigenvalue weighted by atomic mass is 10.2. The average molecular weight is 376 g/mol. The number of aryl methyl sites for hydroxylation is 1. The number of benzene rings is 1. The minimum atomic E-state index is -0.237. The van der Waals surface area contributed by atoms with Crippen molar-refractivity contribution in [2.45, 2.75) is 25.8 Å². The predicted octanol–water partition coefficient (Wildman–Crippen LogP) is 4.09. The van der Waals surface area contributed by atoms with E-state index in [0.29, 0.717) is 11.9 Å². The second-order valence-electron chi connectivity index (χ2n) is 5.57. The number of nitrogens with zero attached hydrogens (tertiary/aromatic N) is 2. The van der Waals surface area contributed by atoms with Crippen molar-refractivity contribution < 1.29 is 0 Å². The highest BCUT2D eigenvalue weighted by Gasteiger charge is 2.23. The molecule has 0 amide bonds. The van der Waals surface area contributed by atoms with Crippen LogP contribution in [-0.2, 0) is 0 Å². The first-order chi connectivity index (χ1) is 10.6. The quantitative estimate of drug-likeness (QED) is 0.749. The Balaban J connectivity index is 2.04. The molecule has 1 aromatic carbocycles. The van der Waals surface area contributed by atoms with Crippen LogP contribution in [0.2, 0.25) is 0 Å². The van der Waals surface area contributed by atoms with Crippen molar-refractivity contribution in [3.63, 3.8) is 0 Å². The van der Waals surface area contributed by atoms with E-state index in [9.17, 15) is 4.79 Å². The number of fused-ring (bicyclic) bond motifs is 1. The molecule has 1 N–H and O–H groups in total. The normalized spacial score (nSPS) is 14.5. The van der Waals surface area contributed by atoms with Gasteiger partial charge in [-0.15, -0.1) is 11.3 Å². The maximum Gasteiger partial charge on any atom is 0.355 e. The fourth-order valence-corrected chi connectivity index (χ4v) is 3.81. The molecule has 1 aliphatic rings. The molecule has 0 unspecified atom stereocenters. The molecular formula is C16H14BrN3OS. The van der Waals surface area contributed by atoms with E-state index in [0.717, 1.165) is 38.8 Å². The topological polar surface area (TPSA) is 46.9 Å². The fourth-order valence-electron chi connectivity index (χ4n) is 2.52. The summed E-state index contributed by atoms with van der Waals surface area (Å²) in [6, 6.07) is 8.45. The van der Waals surface area contributed by atoms with Crippen molar-refractivity contribution in [2.24, 2.45) is 0 Å². The van der Waals surface area contributed by atoms with Crippen LogP contribution in [0.25, 0.3) is 15.9 Å². The molecule has 0 saturated heterocycles. The molecular weight excluding hydrogens is 362 g/mol. The first kappa shape index (κ1) is 14.0. The van der Waals surface area contributed by atoms with Gasteiger partial charge in [0, 0.05) is 15.9 Å². The van der Waals surface area contributed by atoms with Crippen LogP contribution in [0.5, 0.6) is 0 Å². The van der Waals surface area contributed by atoms with Gasteiger partial charge in [-0.3, -0.25) is 4.57 Å². The van der Waals surface area contributed by atoms with Crippen LogP contribution in [0, 0.1) is 6.92 Å². The molecule has 2 heterocycles. The highest BCUT2D eigenvalue weighted by Crippen LogP contribution is 2.31. The van der Waals surface area contributed by atoms with E-state index in [-0.39, 0.29) is 5.69 Å². The maximum absolute atomic E-state index is 12.6. The average Bonchev–Trinajstić information content (AvgIpc) is 3.20. The first-order valence-electron chi connectivity index (χ1n) is 7.17. The molecule has 0 radical (unpaired) electrons. The van der Waals surface area contributed by atoms with E-state index in [4.69, 9.17) is 0 Å². The summed E-state index contributed by atoms with van der Waals surface area (Å²) >= 11 is 5.06. The third kappa shape index (κ3) is 2.36. The van der Waals surface area contributed by atoms with E-state index in [2.05, 4.69) is 26.2 Å². The van der Waals surface area contributed by atoms with Crippen molar-refractivity contribution in [3.8, 4) is 5.00 Å². The van der Waals surface area contributed by atoms with Crippen LogP contribution in [0.1, 0.15) is 18.4 Å². The largest absolute Gasteiger partial charge is 0.367 e. The Hall–Kier alpha value is -1.66. The Morgan fingerprint density at radius 2 is 2.18 bits per heavy atom. The second kappa shape index (κ2) is 5.21. The third-order valence-electron chi connectivity index (χ3n) is 3.81. The molecule has 6 heteroatoms. The molecule has 1 fully saturated rings. The minimum Gasteiger partial charge on any atom is -0.367 e. The zero-order valence-corrected chi connectivity index (χ0v) is 14.4.